The zero-order valence-electron chi connectivity index (χ0n) is 11.1. The number of nitrogens with zero attached hydrogens (tertiary/aromatic N) is 1. The van der Waals surface area contributed by atoms with E-state index in [0.717, 1.165) is 11.3 Å². The summed E-state index contributed by atoms with van der Waals surface area (Å²) in [7, 11) is 1.84. The Kier molecular flexibility index (Phi) is 2.04. The molecule has 3 heteroatoms. The highest BCUT2D eigenvalue weighted by Gasteiger charge is 2.58. The first kappa shape index (κ1) is 11.4. The van der Waals surface area contributed by atoms with Gasteiger partial charge >= 0.3 is 0 Å². The van der Waals surface area contributed by atoms with Crippen LogP contribution in [0.1, 0.15) is 26.3 Å². The lowest BCUT2D eigenvalue weighted by Crippen LogP contribution is -2.53. The number of anilines is 1. The fourth-order valence-corrected chi connectivity index (χ4v) is 3.47. The van der Waals surface area contributed by atoms with Crippen molar-refractivity contribution in [3.63, 3.8) is 0 Å². The number of hydrogen-bond acceptors (Lipinski definition) is 3. The van der Waals surface area contributed by atoms with Gasteiger partial charge < -0.3 is 4.90 Å². The van der Waals surface area contributed by atoms with Gasteiger partial charge in [0.15, 0.2) is 17.1 Å². The van der Waals surface area contributed by atoms with E-state index in [2.05, 4.69) is 0 Å². The van der Waals surface area contributed by atoms with Crippen molar-refractivity contribution in [3.05, 3.63) is 65.2 Å². The molecule has 20 heavy (non-hydrogen) atoms. The van der Waals surface area contributed by atoms with Gasteiger partial charge in [-0.05, 0) is 17.7 Å². The van der Waals surface area contributed by atoms with Gasteiger partial charge in [0.1, 0.15) is 0 Å². The van der Waals surface area contributed by atoms with Crippen molar-refractivity contribution in [2.75, 3.05) is 11.9 Å². The molecular weight excluding hydrogens is 250 g/mol. The van der Waals surface area contributed by atoms with Crippen molar-refractivity contribution in [2.24, 2.45) is 0 Å². The smallest absolute Gasteiger partial charge is 0.198 e. The fourth-order valence-electron chi connectivity index (χ4n) is 3.47. The number of benzene rings is 2. The topological polar surface area (TPSA) is 37.4 Å². The maximum atomic E-state index is 12.8. The van der Waals surface area contributed by atoms with Gasteiger partial charge in [0.2, 0.25) is 0 Å². The quantitative estimate of drug-likeness (QED) is 0.685. The van der Waals surface area contributed by atoms with Crippen LogP contribution in [-0.4, -0.2) is 24.2 Å². The van der Waals surface area contributed by atoms with E-state index in [1.54, 1.807) is 6.07 Å². The van der Waals surface area contributed by atoms with Crippen molar-refractivity contribution in [1.29, 1.82) is 0 Å². The SMILES string of the molecule is CN1c2ccccc2C(=O)C12Cc1ccccc1C2=O. The van der Waals surface area contributed by atoms with Crippen LogP contribution >= 0.6 is 0 Å². The largest absolute Gasteiger partial charge is 0.354 e. The molecule has 1 spiro atoms. The lowest BCUT2D eigenvalue weighted by Gasteiger charge is -2.30. The van der Waals surface area contributed by atoms with Crippen LogP contribution < -0.4 is 4.90 Å². The van der Waals surface area contributed by atoms with E-state index in [-0.39, 0.29) is 11.6 Å². The molecule has 1 unspecified atom stereocenters. The van der Waals surface area contributed by atoms with Gasteiger partial charge in [-0.1, -0.05) is 36.4 Å². The van der Waals surface area contributed by atoms with Crippen LogP contribution in [0.3, 0.4) is 0 Å². The van der Waals surface area contributed by atoms with Gasteiger partial charge in [-0.2, -0.15) is 0 Å². The van der Waals surface area contributed by atoms with Crippen LogP contribution in [0.4, 0.5) is 5.69 Å². The first-order valence-electron chi connectivity index (χ1n) is 6.66. The maximum absolute atomic E-state index is 12.8. The zero-order valence-corrected chi connectivity index (χ0v) is 11.1. The number of Topliss-reactive ketones (excluding diaryl/α,β-unsaturated/α-hetero) is 2. The average molecular weight is 263 g/mol. The molecule has 3 nitrogen and oxygen atoms in total. The Morgan fingerprint density at radius 3 is 2.20 bits per heavy atom. The van der Waals surface area contributed by atoms with Crippen LogP contribution in [0.25, 0.3) is 0 Å². The summed E-state index contributed by atoms with van der Waals surface area (Å²) in [4.78, 5) is 27.5. The van der Waals surface area contributed by atoms with Crippen LogP contribution in [0.15, 0.2) is 48.5 Å². The molecule has 0 saturated carbocycles. The molecule has 1 atom stereocenters. The van der Waals surface area contributed by atoms with Crippen LogP contribution in [0.2, 0.25) is 0 Å². The third kappa shape index (κ3) is 1.11. The molecule has 2 aromatic rings. The highest BCUT2D eigenvalue weighted by atomic mass is 16.2. The summed E-state index contributed by atoms with van der Waals surface area (Å²) in [5.41, 5.74) is 2.08. The molecule has 4 rings (SSSR count). The van der Waals surface area contributed by atoms with E-state index in [1.165, 1.54) is 0 Å². The second-order valence-electron chi connectivity index (χ2n) is 5.43. The number of fused-ring (bicyclic) bond motifs is 2. The molecule has 98 valence electrons. The van der Waals surface area contributed by atoms with Gasteiger partial charge in [0.25, 0.3) is 0 Å². The highest BCUT2D eigenvalue weighted by molar-refractivity contribution is 6.32. The van der Waals surface area contributed by atoms with Crippen molar-refractivity contribution in [3.8, 4) is 0 Å². The minimum Gasteiger partial charge on any atom is -0.354 e. The number of likely N-dealkylation sites (N-methyl/N-ethyl adjacent to an activating group) is 1. The zero-order chi connectivity index (χ0) is 13.9. The van der Waals surface area contributed by atoms with E-state index in [4.69, 9.17) is 0 Å². The minimum absolute atomic E-state index is 0.0724. The molecule has 0 radical (unpaired) electrons. The van der Waals surface area contributed by atoms with E-state index in [9.17, 15) is 9.59 Å². The monoisotopic (exact) mass is 263 g/mol. The minimum atomic E-state index is -1.06. The summed E-state index contributed by atoms with van der Waals surface area (Å²) >= 11 is 0. The second-order valence-corrected chi connectivity index (χ2v) is 5.43. The fraction of sp³-hybridized carbons (Fsp3) is 0.176. The predicted molar refractivity (Wildman–Crippen MR) is 76.4 cm³/mol. The molecule has 2 aliphatic rings. The Morgan fingerprint density at radius 1 is 0.900 bits per heavy atom. The standard InChI is InChI=1S/C17H13NO2/c1-18-14-9-5-4-8-13(14)16(20)17(18)10-11-6-2-3-7-12(11)15(17)19/h2-9H,10H2,1H3. The van der Waals surface area contributed by atoms with E-state index in [0.29, 0.717) is 17.5 Å². The molecule has 0 N–H and O–H groups in total. The highest BCUT2D eigenvalue weighted by Crippen LogP contribution is 2.45. The first-order valence-corrected chi connectivity index (χ1v) is 6.66. The van der Waals surface area contributed by atoms with Gasteiger partial charge in [-0.3, -0.25) is 9.59 Å². The second kappa shape index (κ2) is 3.57. The molecule has 1 aliphatic carbocycles. The van der Waals surface area contributed by atoms with Crippen molar-refractivity contribution >= 4 is 17.3 Å². The first-order chi connectivity index (χ1) is 9.66. The lowest BCUT2D eigenvalue weighted by molar-refractivity contribution is 0.0796. The molecule has 1 heterocycles. The summed E-state index contributed by atoms with van der Waals surface area (Å²) in [5.74, 6) is -0.145. The van der Waals surface area contributed by atoms with Crippen LogP contribution in [0, 0.1) is 0 Å². The summed E-state index contributed by atoms with van der Waals surface area (Å²) in [6, 6.07) is 15.0. The number of hydrogen-bond donors (Lipinski definition) is 0. The van der Waals surface area contributed by atoms with Gasteiger partial charge in [0.05, 0.1) is 0 Å². The lowest BCUT2D eigenvalue weighted by atomic mass is 9.88. The third-order valence-electron chi connectivity index (χ3n) is 4.54. The Bertz CT molecular complexity index is 755. The number of carbonyl (C=O) groups is 2. The van der Waals surface area contributed by atoms with Crippen molar-refractivity contribution < 1.29 is 9.59 Å². The van der Waals surface area contributed by atoms with Crippen LogP contribution in [-0.2, 0) is 6.42 Å². The van der Waals surface area contributed by atoms with E-state index < -0.39 is 5.54 Å². The number of rotatable bonds is 0. The molecule has 1 aliphatic heterocycles. The molecular formula is C17H13NO2. The number of para-hydroxylation sites is 1. The predicted octanol–water partition coefficient (Wildman–Crippen LogP) is 2.50. The van der Waals surface area contributed by atoms with E-state index in [1.807, 2.05) is 54.4 Å². The summed E-state index contributed by atoms with van der Waals surface area (Å²) < 4.78 is 0. The Labute approximate surface area is 116 Å². The molecule has 0 amide bonds. The van der Waals surface area contributed by atoms with Crippen molar-refractivity contribution in [1.82, 2.24) is 0 Å². The average Bonchev–Trinajstić information content (AvgIpc) is 2.90. The normalized spacial score (nSPS) is 23.4. The summed E-state index contributed by atoms with van der Waals surface area (Å²) in [5, 5.41) is 0. The summed E-state index contributed by atoms with van der Waals surface area (Å²) in [6.07, 6.45) is 0.464. The molecule has 0 aromatic heterocycles. The van der Waals surface area contributed by atoms with Gasteiger partial charge in [-0.15, -0.1) is 0 Å². The van der Waals surface area contributed by atoms with Crippen LogP contribution in [0.5, 0.6) is 0 Å². The Morgan fingerprint density at radius 2 is 1.50 bits per heavy atom. The number of ketones is 2. The molecule has 0 saturated heterocycles. The summed E-state index contributed by atoms with van der Waals surface area (Å²) in [6.45, 7) is 0. The van der Waals surface area contributed by atoms with Gasteiger partial charge in [-0.25, -0.2) is 0 Å². The maximum Gasteiger partial charge on any atom is 0.198 e. The molecule has 0 fully saturated rings. The van der Waals surface area contributed by atoms with Gasteiger partial charge in [0, 0.05) is 30.3 Å². The molecule has 0 bridgehead atoms. The Balaban J connectivity index is 1.94. The van der Waals surface area contributed by atoms with Crippen molar-refractivity contribution in [2.45, 2.75) is 12.0 Å². The van der Waals surface area contributed by atoms with E-state index >= 15 is 0 Å². The molecule has 2 aromatic carbocycles. The Hall–Kier alpha value is -2.42. The third-order valence-corrected chi connectivity index (χ3v) is 4.54. The number of carbonyl (C=O) groups excluding carboxylic acids is 2.